The summed E-state index contributed by atoms with van der Waals surface area (Å²) >= 11 is 0. The maximum absolute atomic E-state index is 11.9. The highest BCUT2D eigenvalue weighted by Crippen LogP contribution is 2.27. The zero-order valence-electron chi connectivity index (χ0n) is 9.82. The summed E-state index contributed by atoms with van der Waals surface area (Å²) in [6.07, 6.45) is 2.45. The van der Waals surface area contributed by atoms with Crippen molar-refractivity contribution in [3.63, 3.8) is 0 Å². The fraction of sp³-hybridized carbons (Fsp3) is 0.417. The third-order valence-corrected chi connectivity index (χ3v) is 2.96. The summed E-state index contributed by atoms with van der Waals surface area (Å²) in [5.41, 5.74) is 7.81. The number of rotatable bonds is 3. The van der Waals surface area contributed by atoms with Gasteiger partial charge >= 0.3 is 5.97 Å². The van der Waals surface area contributed by atoms with E-state index in [-0.39, 0.29) is 30.2 Å². The van der Waals surface area contributed by atoms with Crippen LogP contribution in [-0.4, -0.2) is 24.3 Å². The predicted molar refractivity (Wildman–Crippen MR) is 61.5 cm³/mol. The van der Waals surface area contributed by atoms with Gasteiger partial charge in [-0.15, -0.1) is 0 Å². The van der Waals surface area contributed by atoms with Crippen LogP contribution in [0.4, 0.5) is 5.82 Å². The molecular formula is C12H14N3O3+. The maximum atomic E-state index is 11.9. The topological polar surface area (TPSA) is 110 Å². The number of anilines is 1. The van der Waals surface area contributed by atoms with E-state index in [1.165, 1.54) is 0 Å². The Balaban J connectivity index is 2.50. The number of H-pyrrole nitrogens is 1. The molecule has 0 saturated carbocycles. The average molecular weight is 248 g/mol. The van der Waals surface area contributed by atoms with Crippen LogP contribution in [0.15, 0.2) is 0 Å². The number of esters is 1. The van der Waals surface area contributed by atoms with Crippen molar-refractivity contribution < 1.29 is 19.6 Å². The lowest BCUT2D eigenvalue weighted by atomic mass is 10.0. The average Bonchev–Trinajstić information content (AvgIpc) is 2.81. The number of hydrogen-bond donors (Lipinski definition) is 2. The van der Waals surface area contributed by atoms with Crippen molar-refractivity contribution >= 4 is 11.8 Å². The van der Waals surface area contributed by atoms with Gasteiger partial charge in [0.15, 0.2) is 5.56 Å². The lowest BCUT2D eigenvalue weighted by Crippen LogP contribution is -2.23. The Bertz CT molecular complexity index is 534. The number of nitriles is 1. The second-order valence-corrected chi connectivity index (χ2v) is 4.07. The fourth-order valence-corrected chi connectivity index (χ4v) is 2.22. The molecular weight excluding hydrogens is 234 g/mol. The first-order valence-electron chi connectivity index (χ1n) is 5.73. The van der Waals surface area contributed by atoms with Crippen molar-refractivity contribution in [1.82, 2.24) is 0 Å². The Kier molecular flexibility index (Phi) is 3.44. The molecule has 1 aliphatic carbocycles. The van der Waals surface area contributed by atoms with Gasteiger partial charge in [0.05, 0.1) is 12.2 Å². The molecule has 0 aromatic carbocycles. The highest BCUT2D eigenvalue weighted by Gasteiger charge is 2.29. The highest BCUT2D eigenvalue weighted by atomic mass is 16.5. The monoisotopic (exact) mass is 248 g/mol. The van der Waals surface area contributed by atoms with Crippen molar-refractivity contribution in [2.45, 2.75) is 19.3 Å². The SMILES string of the molecule is N#Cc1c(N)[nH+]c2c(c1C(=O)OCCO)CCC2. The van der Waals surface area contributed by atoms with Crippen LogP contribution in [-0.2, 0) is 17.6 Å². The first-order valence-corrected chi connectivity index (χ1v) is 5.73. The van der Waals surface area contributed by atoms with Crippen LogP contribution < -0.4 is 10.7 Å². The second kappa shape index (κ2) is 5.02. The zero-order chi connectivity index (χ0) is 13.1. The van der Waals surface area contributed by atoms with Gasteiger partial charge in [0.25, 0.3) is 5.82 Å². The molecule has 0 atom stereocenters. The number of aryl methyl sites for hydroxylation is 1. The van der Waals surface area contributed by atoms with E-state index in [4.69, 9.17) is 20.8 Å². The van der Waals surface area contributed by atoms with Gasteiger partial charge in [0.2, 0.25) is 0 Å². The van der Waals surface area contributed by atoms with Gasteiger partial charge in [0.1, 0.15) is 18.4 Å². The van der Waals surface area contributed by atoms with Crippen LogP contribution in [0.2, 0.25) is 0 Å². The molecule has 4 N–H and O–H groups in total. The Morgan fingerprint density at radius 1 is 1.56 bits per heavy atom. The number of nitrogens with one attached hydrogen (secondary N) is 1. The summed E-state index contributed by atoms with van der Waals surface area (Å²) in [7, 11) is 0. The van der Waals surface area contributed by atoms with E-state index < -0.39 is 5.97 Å². The van der Waals surface area contributed by atoms with E-state index >= 15 is 0 Å². The number of carbonyl (C=O) groups is 1. The Hall–Kier alpha value is -2.13. The molecule has 18 heavy (non-hydrogen) atoms. The van der Waals surface area contributed by atoms with Gasteiger partial charge in [-0.3, -0.25) is 5.73 Å². The zero-order valence-corrected chi connectivity index (χ0v) is 9.82. The second-order valence-electron chi connectivity index (χ2n) is 4.07. The van der Waals surface area contributed by atoms with Crippen molar-refractivity contribution in [3.8, 4) is 6.07 Å². The van der Waals surface area contributed by atoms with E-state index in [2.05, 4.69) is 4.98 Å². The number of nitrogens with two attached hydrogens (primary N) is 1. The summed E-state index contributed by atoms with van der Waals surface area (Å²) < 4.78 is 4.89. The maximum Gasteiger partial charge on any atom is 0.340 e. The standard InChI is InChI=1S/C12H13N3O3/c13-6-8-10(12(17)18-5-4-16)7-2-1-3-9(7)15-11(8)14/h16H,1-5H2,(H2,14,15)/p+1. The van der Waals surface area contributed by atoms with Gasteiger partial charge in [-0.1, -0.05) is 0 Å². The molecule has 94 valence electrons. The largest absolute Gasteiger partial charge is 0.460 e. The predicted octanol–water partition coefficient (Wildman–Crippen LogP) is -0.408. The number of ether oxygens (including phenoxy) is 1. The normalized spacial score (nSPS) is 12.9. The minimum absolute atomic E-state index is 0.0863. The number of carbonyl (C=O) groups excluding carboxylic acids is 1. The molecule has 0 unspecified atom stereocenters. The van der Waals surface area contributed by atoms with Crippen LogP contribution in [0.3, 0.4) is 0 Å². The minimum atomic E-state index is -0.598. The number of nitrogens with zero attached hydrogens (tertiary/aromatic N) is 1. The number of aliphatic hydroxyl groups excluding tert-OH is 1. The van der Waals surface area contributed by atoms with E-state index in [0.29, 0.717) is 0 Å². The first kappa shape index (κ1) is 12.3. The number of aliphatic hydroxyl groups is 1. The molecule has 0 radical (unpaired) electrons. The molecule has 0 saturated heterocycles. The van der Waals surface area contributed by atoms with Crippen molar-refractivity contribution in [3.05, 3.63) is 22.4 Å². The Morgan fingerprint density at radius 3 is 3.00 bits per heavy atom. The minimum Gasteiger partial charge on any atom is -0.460 e. The molecule has 0 aliphatic heterocycles. The van der Waals surface area contributed by atoms with Gasteiger partial charge in [-0.05, 0) is 12.8 Å². The number of aromatic nitrogens is 1. The molecule has 1 aromatic rings. The molecule has 0 amide bonds. The molecule has 0 spiro atoms. The lowest BCUT2D eigenvalue weighted by molar-refractivity contribution is -0.372. The smallest absolute Gasteiger partial charge is 0.340 e. The van der Waals surface area contributed by atoms with E-state index in [0.717, 1.165) is 30.5 Å². The van der Waals surface area contributed by atoms with Gasteiger partial charge in [-0.25, -0.2) is 9.78 Å². The highest BCUT2D eigenvalue weighted by molar-refractivity contribution is 5.95. The summed E-state index contributed by atoms with van der Waals surface area (Å²) in [6.45, 7) is -0.332. The third-order valence-electron chi connectivity index (χ3n) is 2.96. The molecule has 2 rings (SSSR count). The Labute approximate surface area is 104 Å². The summed E-state index contributed by atoms with van der Waals surface area (Å²) in [5, 5.41) is 17.8. The third kappa shape index (κ3) is 2.00. The van der Waals surface area contributed by atoms with Gasteiger partial charge in [-0.2, -0.15) is 5.26 Å². The van der Waals surface area contributed by atoms with Crippen molar-refractivity contribution in [2.75, 3.05) is 18.9 Å². The first-order chi connectivity index (χ1) is 8.69. The van der Waals surface area contributed by atoms with Crippen LogP contribution in [0.5, 0.6) is 0 Å². The molecule has 0 bridgehead atoms. The number of fused-ring (bicyclic) bond motifs is 1. The number of aromatic amines is 1. The van der Waals surface area contributed by atoms with Crippen molar-refractivity contribution in [1.29, 1.82) is 5.26 Å². The van der Waals surface area contributed by atoms with Gasteiger partial charge in [0, 0.05) is 12.0 Å². The van der Waals surface area contributed by atoms with E-state index in [1.807, 2.05) is 6.07 Å². The van der Waals surface area contributed by atoms with Gasteiger partial charge < -0.3 is 9.84 Å². The van der Waals surface area contributed by atoms with Crippen molar-refractivity contribution in [2.24, 2.45) is 0 Å². The van der Waals surface area contributed by atoms with Crippen LogP contribution in [0, 0.1) is 11.3 Å². The number of hydrogen-bond acceptors (Lipinski definition) is 5. The quantitative estimate of drug-likeness (QED) is 0.706. The summed E-state index contributed by atoms with van der Waals surface area (Å²) in [4.78, 5) is 14.9. The summed E-state index contributed by atoms with van der Waals surface area (Å²) in [5.74, 6) is -0.409. The van der Waals surface area contributed by atoms with E-state index in [1.54, 1.807) is 0 Å². The van der Waals surface area contributed by atoms with Crippen LogP contribution in [0.25, 0.3) is 0 Å². The molecule has 6 nitrogen and oxygen atoms in total. The summed E-state index contributed by atoms with van der Waals surface area (Å²) in [6, 6.07) is 1.93. The van der Waals surface area contributed by atoms with Crippen LogP contribution in [0.1, 0.15) is 33.6 Å². The lowest BCUT2D eigenvalue weighted by Gasteiger charge is -2.08. The Morgan fingerprint density at radius 2 is 2.33 bits per heavy atom. The van der Waals surface area contributed by atoms with E-state index in [9.17, 15) is 4.79 Å². The molecule has 1 heterocycles. The fourth-order valence-electron chi connectivity index (χ4n) is 2.22. The number of nitrogen functional groups attached to an aromatic ring is 1. The molecule has 1 aliphatic rings. The molecule has 6 heteroatoms. The molecule has 0 fully saturated rings. The number of pyridine rings is 1. The van der Waals surface area contributed by atoms with Crippen LogP contribution >= 0.6 is 0 Å². The molecule has 1 aromatic heterocycles.